The summed E-state index contributed by atoms with van der Waals surface area (Å²) in [6.07, 6.45) is 1.55. The molecule has 0 bridgehead atoms. The van der Waals surface area contributed by atoms with Gasteiger partial charge in [-0.25, -0.2) is 4.98 Å². The number of ether oxygens (including phenoxy) is 1. The molecule has 0 unspecified atom stereocenters. The highest BCUT2D eigenvalue weighted by molar-refractivity contribution is 5.90. The topological polar surface area (TPSA) is 105 Å². The predicted molar refractivity (Wildman–Crippen MR) is 94.0 cm³/mol. The van der Waals surface area contributed by atoms with Crippen molar-refractivity contribution in [3.63, 3.8) is 0 Å². The Balaban J connectivity index is 2.06. The fraction of sp³-hybridized carbons (Fsp3) is 0.111. The third kappa shape index (κ3) is 3.19. The van der Waals surface area contributed by atoms with Gasteiger partial charge < -0.3 is 9.72 Å². The first-order valence-corrected chi connectivity index (χ1v) is 7.43. The van der Waals surface area contributed by atoms with Gasteiger partial charge in [0, 0.05) is 6.07 Å². The van der Waals surface area contributed by atoms with Gasteiger partial charge >= 0.3 is 5.69 Å². The number of H-pyrrole nitrogens is 1. The van der Waals surface area contributed by atoms with E-state index in [2.05, 4.69) is 16.0 Å². The molecule has 1 N–H and O–H groups in total. The molecule has 7 nitrogen and oxygen atoms in total. The van der Waals surface area contributed by atoms with Crippen LogP contribution in [0.2, 0.25) is 0 Å². The van der Waals surface area contributed by atoms with Gasteiger partial charge in [-0.3, -0.25) is 10.1 Å². The SMILES string of the molecule is COc1ccc(/C=C(\C#N)c2nc3ccc(C)cc3[nH]2)cc1[N+](=O)[O-]. The molecule has 3 aromatic rings. The van der Waals surface area contributed by atoms with Crippen LogP contribution >= 0.6 is 0 Å². The average molecular weight is 334 g/mol. The molecule has 0 spiro atoms. The third-order valence-corrected chi connectivity index (χ3v) is 3.72. The predicted octanol–water partition coefficient (Wildman–Crippen LogP) is 3.85. The molecular formula is C18H14N4O3. The van der Waals surface area contributed by atoms with E-state index in [1.807, 2.05) is 25.1 Å². The lowest BCUT2D eigenvalue weighted by atomic mass is 10.1. The van der Waals surface area contributed by atoms with E-state index in [4.69, 9.17) is 4.74 Å². The molecule has 25 heavy (non-hydrogen) atoms. The van der Waals surface area contributed by atoms with Crippen molar-refractivity contribution in [2.45, 2.75) is 6.92 Å². The van der Waals surface area contributed by atoms with Gasteiger partial charge in [-0.15, -0.1) is 0 Å². The van der Waals surface area contributed by atoms with E-state index in [1.165, 1.54) is 19.2 Å². The van der Waals surface area contributed by atoms with Crippen molar-refractivity contribution >= 4 is 28.4 Å². The Morgan fingerprint density at radius 3 is 2.84 bits per heavy atom. The summed E-state index contributed by atoms with van der Waals surface area (Å²) in [5.74, 6) is 0.585. The van der Waals surface area contributed by atoms with Crippen molar-refractivity contribution in [3.05, 3.63) is 63.5 Å². The number of aromatic amines is 1. The molecule has 0 amide bonds. The van der Waals surface area contributed by atoms with Crippen molar-refractivity contribution in [3.8, 4) is 11.8 Å². The second-order valence-electron chi connectivity index (χ2n) is 5.46. The Bertz CT molecular complexity index is 1040. The molecule has 0 saturated carbocycles. The molecule has 0 aliphatic rings. The molecule has 0 aliphatic carbocycles. The number of fused-ring (bicyclic) bond motifs is 1. The zero-order chi connectivity index (χ0) is 18.0. The second kappa shape index (κ2) is 6.45. The lowest BCUT2D eigenvalue weighted by Crippen LogP contribution is -1.94. The number of nitriles is 1. The quantitative estimate of drug-likeness (QED) is 0.443. The van der Waals surface area contributed by atoms with Crippen LogP contribution in [0.1, 0.15) is 17.0 Å². The summed E-state index contributed by atoms with van der Waals surface area (Å²) in [6.45, 7) is 1.97. The van der Waals surface area contributed by atoms with Crippen LogP contribution in [0, 0.1) is 28.4 Å². The highest BCUT2D eigenvalue weighted by Crippen LogP contribution is 2.29. The number of aryl methyl sites for hydroxylation is 1. The molecule has 0 aliphatic heterocycles. The molecule has 0 saturated heterocycles. The van der Waals surface area contributed by atoms with Gasteiger partial charge in [0.05, 0.1) is 28.6 Å². The Hall–Kier alpha value is -3.66. The number of allylic oxidation sites excluding steroid dienone is 1. The largest absolute Gasteiger partial charge is 0.490 e. The number of nitro benzene ring substituents is 1. The molecule has 2 aromatic carbocycles. The summed E-state index contributed by atoms with van der Waals surface area (Å²) in [5, 5.41) is 20.6. The van der Waals surface area contributed by atoms with Gasteiger partial charge in [-0.1, -0.05) is 12.1 Å². The number of imidazole rings is 1. The third-order valence-electron chi connectivity index (χ3n) is 3.72. The molecular weight excluding hydrogens is 320 g/mol. The molecule has 3 rings (SSSR count). The van der Waals surface area contributed by atoms with Crippen LogP contribution in [0.25, 0.3) is 22.7 Å². The molecule has 0 atom stereocenters. The van der Waals surface area contributed by atoms with E-state index in [0.29, 0.717) is 11.4 Å². The van der Waals surface area contributed by atoms with E-state index in [-0.39, 0.29) is 17.0 Å². The van der Waals surface area contributed by atoms with E-state index in [1.54, 1.807) is 12.1 Å². The van der Waals surface area contributed by atoms with E-state index in [0.717, 1.165) is 16.6 Å². The minimum Gasteiger partial charge on any atom is -0.490 e. The summed E-state index contributed by atoms with van der Waals surface area (Å²) in [5.41, 5.74) is 3.30. The lowest BCUT2D eigenvalue weighted by Gasteiger charge is -2.02. The number of nitrogens with one attached hydrogen (secondary N) is 1. The maximum absolute atomic E-state index is 11.1. The Kier molecular flexibility index (Phi) is 4.18. The van der Waals surface area contributed by atoms with Gasteiger partial charge in [-0.2, -0.15) is 5.26 Å². The van der Waals surface area contributed by atoms with Crippen molar-refractivity contribution in [2.24, 2.45) is 0 Å². The Morgan fingerprint density at radius 1 is 1.36 bits per heavy atom. The van der Waals surface area contributed by atoms with Crippen LogP contribution in [0.15, 0.2) is 36.4 Å². The maximum atomic E-state index is 11.1. The molecule has 1 aromatic heterocycles. The van der Waals surface area contributed by atoms with Crippen molar-refractivity contribution in [1.29, 1.82) is 5.26 Å². The number of hydrogen-bond acceptors (Lipinski definition) is 5. The molecule has 0 fully saturated rings. The normalized spacial score (nSPS) is 11.3. The highest BCUT2D eigenvalue weighted by Gasteiger charge is 2.15. The Labute approximate surface area is 143 Å². The van der Waals surface area contributed by atoms with Crippen LogP contribution in [0.5, 0.6) is 5.75 Å². The van der Waals surface area contributed by atoms with Crippen molar-refractivity contribution < 1.29 is 9.66 Å². The number of methoxy groups -OCH3 is 1. The van der Waals surface area contributed by atoms with Crippen LogP contribution in [-0.4, -0.2) is 22.0 Å². The Morgan fingerprint density at radius 2 is 2.16 bits per heavy atom. The van der Waals surface area contributed by atoms with Crippen LogP contribution in [0.3, 0.4) is 0 Å². The van der Waals surface area contributed by atoms with Crippen molar-refractivity contribution in [1.82, 2.24) is 9.97 Å². The summed E-state index contributed by atoms with van der Waals surface area (Å²) in [6, 6.07) is 12.4. The average Bonchev–Trinajstić information content (AvgIpc) is 3.02. The summed E-state index contributed by atoms with van der Waals surface area (Å²) >= 11 is 0. The number of benzene rings is 2. The van der Waals surface area contributed by atoms with Crippen LogP contribution in [-0.2, 0) is 0 Å². The van der Waals surface area contributed by atoms with Gasteiger partial charge in [0.2, 0.25) is 0 Å². The van der Waals surface area contributed by atoms with Crippen LogP contribution in [0.4, 0.5) is 5.69 Å². The lowest BCUT2D eigenvalue weighted by molar-refractivity contribution is -0.385. The van der Waals surface area contributed by atoms with E-state index < -0.39 is 4.92 Å². The van der Waals surface area contributed by atoms with Gasteiger partial charge in [0.25, 0.3) is 0 Å². The summed E-state index contributed by atoms with van der Waals surface area (Å²) in [7, 11) is 1.37. The summed E-state index contributed by atoms with van der Waals surface area (Å²) in [4.78, 5) is 18.1. The van der Waals surface area contributed by atoms with Gasteiger partial charge in [-0.05, 0) is 42.3 Å². The zero-order valence-corrected chi connectivity index (χ0v) is 13.6. The molecule has 124 valence electrons. The minimum atomic E-state index is -0.522. The number of aromatic nitrogens is 2. The van der Waals surface area contributed by atoms with Crippen molar-refractivity contribution in [2.75, 3.05) is 7.11 Å². The summed E-state index contributed by atoms with van der Waals surface area (Å²) < 4.78 is 4.98. The van der Waals surface area contributed by atoms with Gasteiger partial charge in [0.15, 0.2) is 5.75 Å². The van der Waals surface area contributed by atoms with E-state index >= 15 is 0 Å². The minimum absolute atomic E-state index is 0.159. The number of rotatable bonds is 4. The maximum Gasteiger partial charge on any atom is 0.311 e. The van der Waals surface area contributed by atoms with E-state index in [9.17, 15) is 15.4 Å². The first-order chi connectivity index (χ1) is 12.0. The smallest absolute Gasteiger partial charge is 0.311 e. The van der Waals surface area contributed by atoms with Crippen LogP contribution < -0.4 is 4.74 Å². The number of hydrogen-bond donors (Lipinski definition) is 1. The first kappa shape index (κ1) is 16.2. The number of nitro groups is 1. The zero-order valence-electron chi connectivity index (χ0n) is 13.6. The second-order valence-corrected chi connectivity index (χ2v) is 5.46. The molecule has 7 heteroatoms. The number of nitrogens with zero attached hydrogens (tertiary/aromatic N) is 3. The first-order valence-electron chi connectivity index (χ1n) is 7.43. The van der Waals surface area contributed by atoms with Gasteiger partial charge in [0.1, 0.15) is 11.9 Å². The highest BCUT2D eigenvalue weighted by atomic mass is 16.6. The standard InChI is InChI=1S/C18H14N4O3/c1-11-3-5-14-15(7-11)21-18(20-14)13(10-19)8-12-4-6-17(25-2)16(9-12)22(23)24/h3-9H,1-2H3,(H,20,21)/b13-8+. The fourth-order valence-electron chi connectivity index (χ4n) is 2.51. The molecule has 1 heterocycles. The fourth-order valence-corrected chi connectivity index (χ4v) is 2.51. The monoisotopic (exact) mass is 334 g/mol. The molecule has 0 radical (unpaired) electrons.